The quantitative estimate of drug-likeness (QED) is 0.825. The minimum Gasteiger partial charge on any atom is -0.480 e. The molecule has 1 aromatic rings. The molecule has 2 N–H and O–H groups in total. The predicted molar refractivity (Wildman–Crippen MR) is 82.1 cm³/mol. The van der Waals surface area contributed by atoms with Crippen molar-refractivity contribution in [1.82, 2.24) is 0 Å². The molecular weight excluding hydrogens is 348 g/mol. The molecule has 0 aromatic carbocycles. The summed E-state index contributed by atoms with van der Waals surface area (Å²) in [4.78, 5) is 12.4. The van der Waals surface area contributed by atoms with E-state index in [1.807, 2.05) is 13.8 Å². The van der Waals surface area contributed by atoms with E-state index in [9.17, 15) is 10.1 Å². The number of nitrogens with two attached hydrogens (primary N) is 1. The molecule has 1 aliphatic carbocycles. The zero-order valence-corrected chi connectivity index (χ0v) is 13.9. The second kappa shape index (κ2) is 5.03. The van der Waals surface area contributed by atoms with Crippen LogP contribution in [0.2, 0.25) is 0 Å². The molecule has 0 saturated heterocycles. The highest BCUT2D eigenvalue weighted by Gasteiger charge is 2.41. The first-order valence-corrected chi connectivity index (χ1v) is 7.70. The number of carbonyl (C=O) groups excluding carboxylic acids is 1. The first-order valence-electron chi connectivity index (χ1n) is 6.91. The van der Waals surface area contributed by atoms with Gasteiger partial charge in [-0.1, -0.05) is 13.8 Å². The monoisotopic (exact) mass is 362 g/mol. The highest BCUT2D eigenvalue weighted by atomic mass is 79.9. The first kappa shape index (κ1) is 14.9. The zero-order chi connectivity index (χ0) is 16.1. The number of halogens is 1. The van der Waals surface area contributed by atoms with Crippen molar-refractivity contribution in [3.05, 3.63) is 45.2 Å². The zero-order valence-electron chi connectivity index (χ0n) is 12.3. The Kier molecular flexibility index (Phi) is 3.41. The highest BCUT2D eigenvalue weighted by Crippen LogP contribution is 2.46. The molecule has 114 valence electrons. The van der Waals surface area contributed by atoms with Crippen molar-refractivity contribution in [2.24, 2.45) is 11.1 Å². The van der Waals surface area contributed by atoms with Gasteiger partial charge in [-0.3, -0.25) is 4.79 Å². The average Bonchev–Trinajstić information content (AvgIpc) is 2.82. The van der Waals surface area contributed by atoms with E-state index in [0.717, 1.165) is 0 Å². The Morgan fingerprint density at radius 1 is 1.41 bits per heavy atom. The molecule has 2 heterocycles. The summed E-state index contributed by atoms with van der Waals surface area (Å²) < 4.78 is 12.0. The fraction of sp³-hybridized carbons (Fsp3) is 0.375. The Morgan fingerprint density at radius 3 is 2.73 bits per heavy atom. The standard InChI is InChI=1S/C16H15BrN2O3/c1-16(2)5-9(20)13-11(6-16)22-15(8(7-18)14(13)19)10-3-4-12(17)21-10/h3-4,15H,5-6,19H2,1-2H3/t15-/m0/s1. The van der Waals surface area contributed by atoms with Crippen molar-refractivity contribution >= 4 is 21.7 Å². The smallest absolute Gasteiger partial charge is 0.192 e. The summed E-state index contributed by atoms with van der Waals surface area (Å²) in [5.74, 6) is 0.958. The van der Waals surface area contributed by atoms with Crippen LogP contribution in [0, 0.1) is 16.7 Å². The molecule has 1 atom stereocenters. The number of ether oxygens (including phenoxy) is 1. The molecule has 6 heteroatoms. The maximum atomic E-state index is 12.4. The number of ketones is 1. The number of Topliss-reactive ketones (excluding diaryl/α,β-unsaturated/α-hetero) is 1. The first-order chi connectivity index (χ1) is 10.3. The molecule has 1 aliphatic heterocycles. The lowest BCUT2D eigenvalue weighted by Crippen LogP contribution is -2.33. The Morgan fingerprint density at radius 2 is 2.14 bits per heavy atom. The molecule has 1 aromatic heterocycles. The summed E-state index contributed by atoms with van der Waals surface area (Å²) in [7, 11) is 0. The van der Waals surface area contributed by atoms with Crippen molar-refractivity contribution in [2.45, 2.75) is 32.8 Å². The van der Waals surface area contributed by atoms with E-state index < -0.39 is 6.10 Å². The molecule has 0 fully saturated rings. The van der Waals surface area contributed by atoms with Crippen LogP contribution in [-0.4, -0.2) is 5.78 Å². The SMILES string of the molecule is CC1(C)CC(=O)C2=C(C1)O[C@H](c1ccc(Br)o1)C(C#N)=C2N. The van der Waals surface area contributed by atoms with Gasteiger partial charge in [-0.2, -0.15) is 5.26 Å². The molecule has 5 nitrogen and oxygen atoms in total. The molecule has 0 amide bonds. The van der Waals surface area contributed by atoms with Gasteiger partial charge >= 0.3 is 0 Å². The Hall–Kier alpha value is -2.00. The van der Waals surface area contributed by atoms with Crippen molar-refractivity contribution in [1.29, 1.82) is 5.26 Å². The Bertz CT molecular complexity index is 765. The van der Waals surface area contributed by atoms with Gasteiger partial charge in [0, 0.05) is 12.8 Å². The molecular formula is C16H15BrN2O3. The summed E-state index contributed by atoms with van der Waals surface area (Å²) in [5.41, 5.74) is 6.70. The fourth-order valence-corrected chi connectivity index (χ4v) is 3.25. The van der Waals surface area contributed by atoms with E-state index in [0.29, 0.717) is 34.6 Å². The summed E-state index contributed by atoms with van der Waals surface area (Å²) in [6.45, 7) is 4.02. The van der Waals surface area contributed by atoms with Crippen LogP contribution in [0.15, 0.2) is 43.8 Å². The molecule has 0 radical (unpaired) electrons. The number of nitriles is 1. The number of nitrogens with zero attached hydrogens (tertiary/aromatic N) is 1. The summed E-state index contributed by atoms with van der Waals surface area (Å²) in [5, 5.41) is 9.42. The van der Waals surface area contributed by atoms with Gasteiger partial charge in [0.25, 0.3) is 0 Å². The van der Waals surface area contributed by atoms with Gasteiger partial charge in [0.15, 0.2) is 22.3 Å². The maximum Gasteiger partial charge on any atom is 0.192 e. The lowest BCUT2D eigenvalue weighted by atomic mass is 9.74. The van der Waals surface area contributed by atoms with Gasteiger partial charge in [-0.15, -0.1) is 0 Å². The normalized spacial score (nSPS) is 23.9. The van der Waals surface area contributed by atoms with Gasteiger partial charge in [0.2, 0.25) is 0 Å². The van der Waals surface area contributed by atoms with E-state index in [-0.39, 0.29) is 22.5 Å². The molecule has 0 spiro atoms. The number of allylic oxidation sites excluding steroid dienone is 2. The van der Waals surface area contributed by atoms with E-state index in [1.54, 1.807) is 12.1 Å². The van der Waals surface area contributed by atoms with E-state index >= 15 is 0 Å². The van der Waals surface area contributed by atoms with Crippen LogP contribution < -0.4 is 5.73 Å². The number of rotatable bonds is 1. The topological polar surface area (TPSA) is 89.2 Å². The van der Waals surface area contributed by atoms with Crippen molar-refractivity contribution in [3.8, 4) is 6.07 Å². The highest BCUT2D eigenvalue weighted by molar-refractivity contribution is 9.10. The van der Waals surface area contributed by atoms with Crippen molar-refractivity contribution in [3.63, 3.8) is 0 Å². The lowest BCUT2D eigenvalue weighted by Gasteiger charge is -2.36. The van der Waals surface area contributed by atoms with Crippen molar-refractivity contribution in [2.75, 3.05) is 0 Å². The molecule has 22 heavy (non-hydrogen) atoms. The lowest BCUT2D eigenvalue weighted by molar-refractivity contribution is -0.118. The third-order valence-corrected chi connectivity index (χ3v) is 4.32. The van der Waals surface area contributed by atoms with Gasteiger partial charge in [0.1, 0.15) is 17.4 Å². The summed E-state index contributed by atoms with van der Waals surface area (Å²) in [6, 6.07) is 5.50. The molecule has 0 saturated carbocycles. The largest absolute Gasteiger partial charge is 0.480 e. The van der Waals surface area contributed by atoms with E-state index in [2.05, 4.69) is 22.0 Å². The maximum absolute atomic E-state index is 12.4. The van der Waals surface area contributed by atoms with Crippen LogP contribution in [-0.2, 0) is 9.53 Å². The van der Waals surface area contributed by atoms with Crippen molar-refractivity contribution < 1.29 is 13.9 Å². The van der Waals surface area contributed by atoms with Gasteiger partial charge < -0.3 is 14.9 Å². The van der Waals surface area contributed by atoms with Gasteiger partial charge in [-0.25, -0.2) is 0 Å². The number of carbonyl (C=O) groups is 1. The molecule has 2 aliphatic rings. The minimum atomic E-state index is -0.711. The third-order valence-electron chi connectivity index (χ3n) is 3.89. The van der Waals surface area contributed by atoms with Crippen LogP contribution in [0.25, 0.3) is 0 Å². The number of hydrogen-bond donors (Lipinski definition) is 1. The van der Waals surface area contributed by atoms with Crippen LogP contribution in [0.4, 0.5) is 0 Å². The number of hydrogen-bond acceptors (Lipinski definition) is 5. The second-order valence-corrected chi connectivity index (χ2v) is 7.10. The predicted octanol–water partition coefficient (Wildman–Crippen LogP) is 3.49. The van der Waals surface area contributed by atoms with Crippen LogP contribution >= 0.6 is 15.9 Å². The number of furan rings is 1. The van der Waals surface area contributed by atoms with Crippen LogP contribution in [0.1, 0.15) is 38.6 Å². The Labute approximate surface area is 136 Å². The third kappa shape index (κ3) is 2.35. The van der Waals surface area contributed by atoms with E-state index in [1.165, 1.54) is 0 Å². The van der Waals surface area contributed by atoms with Crippen LogP contribution in [0.5, 0.6) is 0 Å². The summed E-state index contributed by atoms with van der Waals surface area (Å²) >= 11 is 3.23. The molecule has 0 unspecified atom stereocenters. The van der Waals surface area contributed by atoms with E-state index in [4.69, 9.17) is 14.9 Å². The summed E-state index contributed by atoms with van der Waals surface area (Å²) in [6.07, 6.45) is 0.286. The molecule has 3 rings (SSSR count). The average molecular weight is 363 g/mol. The van der Waals surface area contributed by atoms with Crippen LogP contribution in [0.3, 0.4) is 0 Å². The van der Waals surface area contributed by atoms with Gasteiger partial charge in [-0.05, 0) is 33.5 Å². The van der Waals surface area contributed by atoms with Gasteiger partial charge in [0.05, 0.1) is 11.3 Å². The Balaban J connectivity index is 2.10. The fourth-order valence-electron chi connectivity index (χ4n) is 2.93. The second-order valence-electron chi connectivity index (χ2n) is 6.32. The minimum absolute atomic E-state index is 0.0735. The molecule has 0 bridgehead atoms.